The Kier molecular flexibility index (Phi) is 5.35. The third-order valence-corrected chi connectivity index (χ3v) is 4.80. The number of nitrogens with one attached hydrogen (secondary N) is 1. The normalized spacial score (nSPS) is 12.6. The van der Waals surface area contributed by atoms with Gasteiger partial charge in [-0.15, -0.1) is 0 Å². The molecule has 1 amide bonds. The van der Waals surface area contributed by atoms with Gasteiger partial charge in [0.1, 0.15) is 11.5 Å². The number of amides is 1. The fourth-order valence-electron chi connectivity index (χ4n) is 3.00. The van der Waals surface area contributed by atoms with Crippen molar-refractivity contribution < 1.29 is 19.2 Å². The Labute approximate surface area is 168 Å². The summed E-state index contributed by atoms with van der Waals surface area (Å²) in [5.41, 5.74) is 2.61. The fraction of sp³-hybridized carbons (Fsp3) is 0.0952. The molecule has 0 bridgehead atoms. The number of carbonyl (C=O) groups is 1. The van der Waals surface area contributed by atoms with Gasteiger partial charge in [-0.25, -0.2) is 0 Å². The zero-order valence-electron chi connectivity index (χ0n) is 14.9. The van der Waals surface area contributed by atoms with Crippen LogP contribution in [0.5, 0.6) is 11.5 Å². The lowest BCUT2D eigenvalue weighted by molar-refractivity contribution is 0.0951. The number of carbonyl (C=O) groups excluding carboxylic acids is 1. The van der Waals surface area contributed by atoms with Gasteiger partial charge in [0, 0.05) is 6.54 Å². The molecule has 3 aromatic carbocycles. The Balaban J connectivity index is 1.39. The van der Waals surface area contributed by atoms with Gasteiger partial charge >= 0.3 is 7.12 Å². The molecule has 7 heteroatoms. The molecule has 0 aliphatic carbocycles. The predicted octanol–water partition coefficient (Wildman–Crippen LogP) is 3.28. The van der Waals surface area contributed by atoms with Crippen LogP contribution in [0.4, 0.5) is 0 Å². The van der Waals surface area contributed by atoms with E-state index in [1.54, 1.807) is 12.1 Å². The van der Waals surface area contributed by atoms with Gasteiger partial charge in [-0.3, -0.25) is 4.79 Å². The average Bonchev–Trinajstić information content (AvgIpc) is 3.07. The Morgan fingerprint density at radius 3 is 2.57 bits per heavy atom. The van der Waals surface area contributed by atoms with Crippen LogP contribution in [0.1, 0.15) is 21.5 Å². The van der Waals surface area contributed by atoms with E-state index in [1.165, 1.54) is 0 Å². The van der Waals surface area contributed by atoms with E-state index in [4.69, 9.17) is 21.0 Å². The first-order valence-corrected chi connectivity index (χ1v) is 9.20. The van der Waals surface area contributed by atoms with Crippen molar-refractivity contribution in [1.29, 1.82) is 0 Å². The molecule has 140 valence electrons. The smallest absolute Gasteiger partial charge is 0.457 e. The number of fused-ring (bicyclic) bond motifs is 1. The maximum Gasteiger partial charge on any atom is 0.491 e. The molecular formula is C21H17BClNO4. The zero-order valence-corrected chi connectivity index (χ0v) is 15.6. The van der Waals surface area contributed by atoms with Crippen molar-refractivity contribution >= 4 is 30.1 Å². The molecule has 3 aromatic rings. The van der Waals surface area contributed by atoms with Gasteiger partial charge in [0.05, 0.1) is 17.2 Å². The van der Waals surface area contributed by atoms with Crippen LogP contribution in [0.3, 0.4) is 0 Å². The summed E-state index contributed by atoms with van der Waals surface area (Å²) in [7, 11) is -1.02. The van der Waals surface area contributed by atoms with Crippen molar-refractivity contribution in [3.05, 3.63) is 88.4 Å². The molecule has 0 fully saturated rings. The number of halogens is 1. The minimum atomic E-state index is -1.02. The minimum absolute atomic E-state index is 0.287. The number of rotatable bonds is 5. The average molecular weight is 394 g/mol. The molecule has 0 atom stereocenters. The fourth-order valence-corrected chi connectivity index (χ4v) is 3.27. The van der Waals surface area contributed by atoms with Crippen molar-refractivity contribution in [1.82, 2.24) is 5.32 Å². The van der Waals surface area contributed by atoms with Crippen molar-refractivity contribution in [2.45, 2.75) is 13.2 Å². The van der Waals surface area contributed by atoms with Crippen LogP contribution in [-0.2, 0) is 17.8 Å². The molecule has 0 spiro atoms. The van der Waals surface area contributed by atoms with E-state index in [0.29, 0.717) is 22.6 Å². The largest absolute Gasteiger partial charge is 0.491 e. The monoisotopic (exact) mass is 393 g/mol. The van der Waals surface area contributed by atoms with E-state index in [2.05, 4.69) is 5.32 Å². The number of ether oxygens (including phenoxy) is 1. The van der Waals surface area contributed by atoms with Gasteiger partial charge in [0.15, 0.2) is 0 Å². The summed E-state index contributed by atoms with van der Waals surface area (Å²) < 4.78 is 10.9. The van der Waals surface area contributed by atoms with Crippen LogP contribution < -0.4 is 15.5 Å². The third-order valence-electron chi connectivity index (χ3n) is 4.49. The summed E-state index contributed by atoms with van der Waals surface area (Å²) in [6, 6.07) is 20.3. The molecule has 0 saturated heterocycles. The highest BCUT2D eigenvalue weighted by Crippen LogP contribution is 2.22. The maximum atomic E-state index is 12.5. The van der Waals surface area contributed by atoms with E-state index in [1.807, 2.05) is 54.6 Å². The first kappa shape index (κ1) is 18.6. The first-order valence-electron chi connectivity index (χ1n) is 8.82. The third kappa shape index (κ3) is 4.04. The molecule has 2 N–H and O–H groups in total. The molecule has 5 nitrogen and oxygen atoms in total. The Hall–Kier alpha value is -2.80. The molecule has 0 saturated carbocycles. The number of para-hydroxylation sites is 1. The zero-order chi connectivity index (χ0) is 19.5. The summed E-state index contributed by atoms with van der Waals surface area (Å²) in [6.07, 6.45) is 0. The lowest BCUT2D eigenvalue weighted by atomic mass is 9.78. The van der Waals surface area contributed by atoms with Crippen LogP contribution >= 0.6 is 11.6 Å². The van der Waals surface area contributed by atoms with Crippen LogP contribution in [0.15, 0.2) is 66.7 Å². The minimum Gasteiger partial charge on any atom is -0.457 e. The molecule has 1 aliphatic heterocycles. The molecule has 0 unspecified atom stereocenters. The van der Waals surface area contributed by atoms with E-state index in [9.17, 15) is 9.82 Å². The van der Waals surface area contributed by atoms with Gasteiger partial charge in [0.25, 0.3) is 5.91 Å². The standard InChI is InChI=1S/C21H17BClNO4/c23-20-10-15-13-27-22(26)19(15)11-18(20)21(25)24-12-14-6-8-17(9-7-14)28-16-4-2-1-3-5-16/h1-11,26H,12-13H2,(H,24,25). The van der Waals surface area contributed by atoms with E-state index in [-0.39, 0.29) is 12.5 Å². The summed E-state index contributed by atoms with van der Waals surface area (Å²) in [5, 5.41) is 13.0. The summed E-state index contributed by atoms with van der Waals surface area (Å²) in [6.45, 7) is 0.631. The topological polar surface area (TPSA) is 67.8 Å². The van der Waals surface area contributed by atoms with Gasteiger partial charge < -0.3 is 19.7 Å². The highest BCUT2D eigenvalue weighted by molar-refractivity contribution is 6.61. The predicted molar refractivity (Wildman–Crippen MR) is 108 cm³/mol. The lowest BCUT2D eigenvalue weighted by Gasteiger charge is -2.10. The SMILES string of the molecule is O=C(NCc1ccc(Oc2ccccc2)cc1)c1cc2c(cc1Cl)COB2O. The van der Waals surface area contributed by atoms with Crippen molar-refractivity contribution in [2.24, 2.45) is 0 Å². The lowest BCUT2D eigenvalue weighted by Crippen LogP contribution is -2.30. The molecule has 0 aromatic heterocycles. The molecule has 1 aliphatic rings. The quantitative estimate of drug-likeness (QED) is 0.653. The van der Waals surface area contributed by atoms with E-state index < -0.39 is 7.12 Å². The Morgan fingerprint density at radius 1 is 1.11 bits per heavy atom. The number of hydrogen-bond donors (Lipinski definition) is 2. The maximum absolute atomic E-state index is 12.5. The van der Waals surface area contributed by atoms with Crippen LogP contribution in [0.25, 0.3) is 0 Å². The number of hydrogen-bond acceptors (Lipinski definition) is 4. The second-order valence-electron chi connectivity index (χ2n) is 6.44. The van der Waals surface area contributed by atoms with Crippen molar-refractivity contribution in [3.8, 4) is 11.5 Å². The van der Waals surface area contributed by atoms with Gasteiger partial charge in [-0.05, 0) is 53.0 Å². The van der Waals surface area contributed by atoms with Crippen LogP contribution in [0, 0.1) is 0 Å². The first-order chi connectivity index (χ1) is 13.6. The second-order valence-corrected chi connectivity index (χ2v) is 6.84. The van der Waals surface area contributed by atoms with Gasteiger partial charge in [-0.2, -0.15) is 0 Å². The van der Waals surface area contributed by atoms with E-state index in [0.717, 1.165) is 22.6 Å². The van der Waals surface area contributed by atoms with E-state index >= 15 is 0 Å². The van der Waals surface area contributed by atoms with Gasteiger partial charge in [0.2, 0.25) is 0 Å². The molecule has 1 heterocycles. The molecule has 0 radical (unpaired) electrons. The second kappa shape index (κ2) is 8.06. The van der Waals surface area contributed by atoms with Crippen molar-refractivity contribution in [2.75, 3.05) is 0 Å². The summed E-state index contributed by atoms with van der Waals surface area (Å²) in [4.78, 5) is 12.5. The molecule has 28 heavy (non-hydrogen) atoms. The highest BCUT2D eigenvalue weighted by atomic mass is 35.5. The van der Waals surface area contributed by atoms with Crippen LogP contribution in [-0.4, -0.2) is 18.0 Å². The van der Waals surface area contributed by atoms with Gasteiger partial charge in [-0.1, -0.05) is 41.9 Å². The van der Waals surface area contributed by atoms with Crippen LogP contribution in [0.2, 0.25) is 5.02 Å². The number of benzene rings is 3. The molecule has 4 rings (SSSR count). The molecular weight excluding hydrogens is 376 g/mol. The Morgan fingerprint density at radius 2 is 1.82 bits per heavy atom. The van der Waals surface area contributed by atoms with Crippen molar-refractivity contribution in [3.63, 3.8) is 0 Å². The summed E-state index contributed by atoms with van der Waals surface area (Å²) in [5.74, 6) is 1.18. The summed E-state index contributed by atoms with van der Waals surface area (Å²) >= 11 is 6.22. The highest BCUT2D eigenvalue weighted by Gasteiger charge is 2.29. The Bertz CT molecular complexity index is 995.